The zero-order chi connectivity index (χ0) is 21.4. The van der Waals surface area contributed by atoms with Gasteiger partial charge in [0.05, 0.1) is 23.6 Å². The maximum atomic E-state index is 12.8. The quantitative estimate of drug-likeness (QED) is 0.608. The molecule has 0 radical (unpaired) electrons. The van der Waals surface area contributed by atoms with Crippen LogP contribution in [0.15, 0.2) is 29.2 Å². The van der Waals surface area contributed by atoms with Crippen LogP contribution in [0.4, 0.5) is 0 Å². The predicted molar refractivity (Wildman–Crippen MR) is 110 cm³/mol. The molecule has 0 unspecified atom stereocenters. The van der Waals surface area contributed by atoms with E-state index in [1.165, 1.54) is 35.7 Å². The third-order valence-corrected chi connectivity index (χ3v) is 7.42. The molecule has 10 heteroatoms. The molecule has 0 spiro atoms. The van der Waals surface area contributed by atoms with E-state index in [0.29, 0.717) is 30.6 Å². The molecule has 1 aliphatic heterocycles. The Morgan fingerprint density at radius 1 is 1.31 bits per heavy atom. The Labute approximate surface area is 175 Å². The van der Waals surface area contributed by atoms with E-state index in [2.05, 4.69) is 5.32 Å². The summed E-state index contributed by atoms with van der Waals surface area (Å²) in [5.74, 6) is -0.379. The van der Waals surface area contributed by atoms with E-state index < -0.39 is 22.0 Å². The molecule has 1 aromatic carbocycles. The Hall–Kier alpha value is -2.09. The lowest BCUT2D eigenvalue weighted by Gasteiger charge is -2.31. The molecule has 1 fully saturated rings. The highest BCUT2D eigenvalue weighted by Crippen LogP contribution is 2.24. The zero-order valence-corrected chi connectivity index (χ0v) is 18.1. The average Bonchev–Trinajstić information content (AvgIpc) is 2.76. The summed E-state index contributed by atoms with van der Waals surface area (Å²) in [5, 5.41) is 11.6. The Bertz CT molecular complexity index is 857. The Morgan fingerprint density at radius 3 is 2.45 bits per heavy atom. The third kappa shape index (κ3) is 5.95. The van der Waals surface area contributed by atoms with Crippen LogP contribution in [0.2, 0.25) is 0 Å². The molecule has 1 saturated heterocycles. The van der Waals surface area contributed by atoms with Crippen molar-refractivity contribution in [3.8, 4) is 6.07 Å². The highest BCUT2D eigenvalue weighted by Gasteiger charge is 2.33. The van der Waals surface area contributed by atoms with Crippen molar-refractivity contribution >= 4 is 33.7 Å². The number of hydrogen-bond acceptors (Lipinski definition) is 7. The summed E-state index contributed by atoms with van der Waals surface area (Å²) < 4.78 is 31.6. The largest absolute Gasteiger partial charge is 0.467 e. The summed E-state index contributed by atoms with van der Waals surface area (Å²) in [7, 11) is -2.39. The van der Waals surface area contributed by atoms with E-state index in [9.17, 15) is 18.0 Å². The Kier molecular flexibility index (Phi) is 8.49. The number of ether oxygens (including phenoxy) is 1. The highest BCUT2D eigenvalue weighted by molar-refractivity contribution is 7.98. The molecule has 1 aromatic rings. The van der Waals surface area contributed by atoms with Crippen molar-refractivity contribution in [2.45, 2.75) is 30.2 Å². The second-order valence-electron chi connectivity index (χ2n) is 6.68. The molecule has 29 heavy (non-hydrogen) atoms. The number of sulfonamides is 1. The van der Waals surface area contributed by atoms with Gasteiger partial charge in [0, 0.05) is 19.0 Å². The number of rotatable bonds is 8. The van der Waals surface area contributed by atoms with Crippen LogP contribution in [0, 0.1) is 17.2 Å². The predicted octanol–water partition coefficient (Wildman–Crippen LogP) is 1.37. The van der Waals surface area contributed by atoms with Crippen molar-refractivity contribution in [3.63, 3.8) is 0 Å². The molecule has 1 amide bonds. The summed E-state index contributed by atoms with van der Waals surface area (Å²) >= 11 is 1.57. The van der Waals surface area contributed by atoms with Gasteiger partial charge in [-0.15, -0.1) is 0 Å². The Balaban J connectivity index is 1.97. The van der Waals surface area contributed by atoms with Crippen LogP contribution in [0.25, 0.3) is 0 Å². The summed E-state index contributed by atoms with van der Waals surface area (Å²) in [5.41, 5.74) is 0.390. The topological polar surface area (TPSA) is 117 Å². The number of carbonyl (C=O) groups is 2. The fourth-order valence-electron chi connectivity index (χ4n) is 3.13. The molecule has 2 rings (SSSR count). The number of methoxy groups -OCH3 is 1. The number of benzene rings is 1. The maximum absolute atomic E-state index is 12.8. The van der Waals surface area contributed by atoms with Gasteiger partial charge < -0.3 is 10.1 Å². The van der Waals surface area contributed by atoms with E-state index >= 15 is 0 Å². The van der Waals surface area contributed by atoms with Gasteiger partial charge >= 0.3 is 5.97 Å². The minimum atomic E-state index is -3.67. The molecular formula is C19H25N3O5S2. The number of esters is 1. The molecular weight excluding hydrogens is 414 g/mol. The molecule has 0 aromatic heterocycles. The van der Waals surface area contributed by atoms with Gasteiger partial charge in [-0.25, -0.2) is 13.2 Å². The van der Waals surface area contributed by atoms with Crippen molar-refractivity contribution in [2.75, 3.05) is 32.2 Å². The standard InChI is InChI=1S/C19H25N3O5S2/c1-27-19(24)17(9-12-28-2)21-18(23)15-7-10-22(11-8-15)29(25,26)16-5-3-14(13-20)4-6-16/h3-6,15,17H,7-12H2,1-2H3,(H,21,23)/t17-/m0/s1. The van der Waals surface area contributed by atoms with Gasteiger partial charge in [-0.1, -0.05) is 0 Å². The summed E-state index contributed by atoms with van der Waals surface area (Å²) in [6.07, 6.45) is 3.14. The van der Waals surface area contributed by atoms with E-state index in [-0.39, 0.29) is 29.8 Å². The lowest BCUT2D eigenvalue weighted by Crippen LogP contribution is -2.48. The van der Waals surface area contributed by atoms with Gasteiger partial charge in [-0.2, -0.15) is 21.3 Å². The van der Waals surface area contributed by atoms with Crippen LogP contribution in [0.5, 0.6) is 0 Å². The number of nitrogens with zero attached hydrogens (tertiary/aromatic N) is 2. The van der Waals surface area contributed by atoms with Crippen LogP contribution >= 0.6 is 11.8 Å². The van der Waals surface area contributed by atoms with Crippen LogP contribution in [0.1, 0.15) is 24.8 Å². The van der Waals surface area contributed by atoms with Gasteiger partial charge in [-0.3, -0.25) is 4.79 Å². The molecule has 1 N–H and O–H groups in total. The van der Waals surface area contributed by atoms with E-state index in [4.69, 9.17) is 10.00 Å². The maximum Gasteiger partial charge on any atom is 0.328 e. The van der Waals surface area contributed by atoms with Crippen LogP contribution in [0.3, 0.4) is 0 Å². The fraction of sp³-hybridized carbons (Fsp3) is 0.526. The van der Waals surface area contributed by atoms with E-state index in [0.717, 1.165) is 0 Å². The molecule has 1 aliphatic rings. The van der Waals surface area contributed by atoms with Crippen molar-refractivity contribution < 1.29 is 22.7 Å². The molecule has 1 atom stereocenters. The van der Waals surface area contributed by atoms with Gasteiger partial charge in [-0.05, 0) is 55.5 Å². The minimum Gasteiger partial charge on any atom is -0.467 e. The second kappa shape index (κ2) is 10.6. The normalized spacial score (nSPS) is 16.6. The number of nitrogens with one attached hydrogen (secondary N) is 1. The number of carbonyl (C=O) groups excluding carboxylic acids is 2. The number of thioether (sulfide) groups is 1. The van der Waals surface area contributed by atoms with Gasteiger partial charge in [0.15, 0.2) is 0 Å². The summed E-state index contributed by atoms with van der Waals surface area (Å²) in [6, 6.07) is 7.03. The first-order valence-corrected chi connectivity index (χ1v) is 12.0. The van der Waals surface area contributed by atoms with Crippen molar-refractivity contribution in [1.82, 2.24) is 9.62 Å². The number of piperidine rings is 1. The van der Waals surface area contributed by atoms with Crippen LogP contribution in [-0.2, 0) is 24.3 Å². The number of hydrogen-bond donors (Lipinski definition) is 1. The summed E-state index contributed by atoms with van der Waals surface area (Å²) in [6.45, 7) is 0.433. The lowest BCUT2D eigenvalue weighted by atomic mass is 9.96. The second-order valence-corrected chi connectivity index (χ2v) is 9.60. The molecule has 1 heterocycles. The van der Waals surface area contributed by atoms with Crippen LogP contribution in [-0.4, -0.2) is 62.8 Å². The van der Waals surface area contributed by atoms with Gasteiger partial charge in [0.2, 0.25) is 15.9 Å². The third-order valence-electron chi connectivity index (χ3n) is 4.86. The number of amides is 1. The first kappa shape index (κ1) is 23.2. The number of nitriles is 1. The highest BCUT2D eigenvalue weighted by atomic mass is 32.2. The first-order valence-electron chi connectivity index (χ1n) is 9.21. The van der Waals surface area contributed by atoms with Crippen molar-refractivity contribution in [3.05, 3.63) is 29.8 Å². The smallest absolute Gasteiger partial charge is 0.328 e. The van der Waals surface area contributed by atoms with E-state index in [1.54, 1.807) is 11.8 Å². The lowest BCUT2D eigenvalue weighted by molar-refractivity contribution is -0.145. The molecule has 8 nitrogen and oxygen atoms in total. The van der Waals surface area contributed by atoms with Crippen molar-refractivity contribution in [2.24, 2.45) is 5.92 Å². The minimum absolute atomic E-state index is 0.127. The van der Waals surface area contributed by atoms with Gasteiger partial charge in [0.25, 0.3) is 0 Å². The van der Waals surface area contributed by atoms with Gasteiger partial charge in [0.1, 0.15) is 6.04 Å². The molecule has 0 saturated carbocycles. The van der Waals surface area contributed by atoms with Crippen molar-refractivity contribution in [1.29, 1.82) is 5.26 Å². The molecule has 158 valence electrons. The monoisotopic (exact) mass is 439 g/mol. The summed E-state index contributed by atoms with van der Waals surface area (Å²) in [4.78, 5) is 24.6. The fourth-order valence-corrected chi connectivity index (χ4v) is 5.07. The molecule has 0 bridgehead atoms. The SMILES string of the molecule is COC(=O)[C@H](CCSC)NC(=O)C1CCN(S(=O)(=O)c2ccc(C#N)cc2)CC1. The zero-order valence-electron chi connectivity index (χ0n) is 16.5. The van der Waals surface area contributed by atoms with E-state index in [1.807, 2.05) is 12.3 Å². The molecule has 0 aliphatic carbocycles. The first-order chi connectivity index (χ1) is 13.8. The Morgan fingerprint density at radius 2 is 1.93 bits per heavy atom. The van der Waals surface area contributed by atoms with Crippen LogP contribution < -0.4 is 5.32 Å². The average molecular weight is 440 g/mol.